The fourth-order valence-electron chi connectivity index (χ4n) is 7.69. The zero-order valence-electron chi connectivity index (χ0n) is 26.0. The van der Waals surface area contributed by atoms with Crippen LogP contribution >= 0.6 is 23.4 Å². The number of hydrogen-bond donors (Lipinski definition) is 1. The molecule has 2 aromatic rings. The van der Waals surface area contributed by atoms with Gasteiger partial charge in [0.1, 0.15) is 6.04 Å². The number of rotatable bonds is 15. The third kappa shape index (κ3) is 6.34. The van der Waals surface area contributed by atoms with Crippen molar-refractivity contribution in [1.29, 1.82) is 0 Å². The number of carbonyl (C=O) groups is 3. The smallest absolute Gasteiger partial charge is 0.251 e. The Bertz CT molecular complexity index is 1390. The molecule has 3 saturated heterocycles. The third-order valence-corrected chi connectivity index (χ3v) is 12.0. The van der Waals surface area contributed by atoms with Gasteiger partial charge in [0.25, 0.3) is 5.91 Å². The Morgan fingerprint density at radius 2 is 1.71 bits per heavy atom. The van der Waals surface area contributed by atoms with Crippen molar-refractivity contribution in [3.05, 3.63) is 90.5 Å². The van der Waals surface area contributed by atoms with Gasteiger partial charge >= 0.3 is 0 Å². The van der Waals surface area contributed by atoms with Gasteiger partial charge in [-0.25, -0.2) is 0 Å². The minimum atomic E-state index is -0.720. The minimum Gasteiger partial charge on any atom is -0.396 e. The van der Waals surface area contributed by atoms with Crippen LogP contribution in [-0.4, -0.2) is 74.9 Å². The van der Waals surface area contributed by atoms with E-state index in [-0.39, 0.29) is 42.0 Å². The summed E-state index contributed by atoms with van der Waals surface area (Å²) in [4.78, 5) is 49.3. The van der Waals surface area contributed by atoms with Crippen LogP contribution < -0.4 is 4.90 Å². The van der Waals surface area contributed by atoms with Crippen LogP contribution in [0.3, 0.4) is 0 Å². The van der Waals surface area contributed by atoms with Crippen LogP contribution in [0.25, 0.3) is 0 Å². The largest absolute Gasteiger partial charge is 0.396 e. The first-order valence-corrected chi connectivity index (χ1v) is 17.2. The van der Waals surface area contributed by atoms with Gasteiger partial charge in [-0.2, -0.15) is 0 Å². The van der Waals surface area contributed by atoms with E-state index < -0.39 is 22.6 Å². The summed E-state index contributed by atoms with van der Waals surface area (Å²) in [7, 11) is 0. The molecule has 3 heterocycles. The number of carbonyl (C=O) groups excluding carboxylic acids is 3. The van der Waals surface area contributed by atoms with E-state index in [1.165, 1.54) is 0 Å². The van der Waals surface area contributed by atoms with Gasteiger partial charge in [0.2, 0.25) is 11.8 Å². The SMILES string of the molecule is C=CCN(Cc1ccccc1)C(=O)[C@@H]1[C@@H]2CC(C)C3(S2)C(C(=O)N(CC=C)c2ccc(Cl)cc2)N(CCCCCCO)C(=O)[C@H]13. The molecule has 6 atom stereocenters. The number of anilines is 1. The predicted octanol–water partition coefficient (Wildman–Crippen LogP) is 5.96. The monoisotopic (exact) mass is 649 g/mol. The average molecular weight is 650 g/mol. The van der Waals surface area contributed by atoms with Gasteiger partial charge in [0.05, 0.1) is 16.6 Å². The average Bonchev–Trinajstić information content (AvgIpc) is 3.63. The van der Waals surface area contributed by atoms with E-state index in [2.05, 4.69) is 20.1 Å². The van der Waals surface area contributed by atoms with Gasteiger partial charge < -0.3 is 19.8 Å². The minimum absolute atomic E-state index is 0.0416. The molecular formula is C36H44ClN3O4S. The number of benzene rings is 2. The lowest BCUT2D eigenvalue weighted by molar-refractivity contribution is -0.144. The van der Waals surface area contributed by atoms with Crippen molar-refractivity contribution >= 4 is 46.8 Å². The van der Waals surface area contributed by atoms with Crippen LogP contribution in [-0.2, 0) is 20.9 Å². The highest BCUT2D eigenvalue weighted by Gasteiger charge is 2.76. The second-order valence-corrected chi connectivity index (χ2v) is 14.4. The number of hydrogen-bond acceptors (Lipinski definition) is 5. The topological polar surface area (TPSA) is 81.2 Å². The molecule has 2 aromatic carbocycles. The van der Waals surface area contributed by atoms with Crippen molar-refractivity contribution in [1.82, 2.24) is 9.80 Å². The summed E-state index contributed by atoms with van der Waals surface area (Å²) in [6, 6.07) is 16.3. The van der Waals surface area contributed by atoms with Crippen LogP contribution in [0.5, 0.6) is 0 Å². The van der Waals surface area contributed by atoms with E-state index in [4.69, 9.17) is 11.6 Å². The molecule has 3 amide bonds. The molecule has 3 unspecified atom stereocenters. The van der Waals surface area contributed by atoms with E-state index >= 15 is 0 Å². The van der Waals surface area contributed by atoms with Gasteiger partial charge in [0, 0.05) is 48.7 Å². The lowest BCUT2D eigenvalue weighted by atomic mass is 9.65. The molecule has 1 spiro atoms. The number of aliphatic hydroxyl groups excluding tert-OH is 1. The zero-order valence-corrected chi connectivity index (χ0v) is 27.6. The molecule has 0 radical (unpaired) electrons. The number of nitrogens with zero attached hydrogens (tertiary/aromatic N) is 3. The maximum absolute atomic E-state index is 14.8. The number of aliphatic hydroxyl groups is 1. The van der Waals surface area contributed by atoms with E-state index in [0.29, 0.717) is 36.8 Å². The molecule has 7 nitrogen and oxygen atoms in total. The summed E-state index contributed by atoms with van der Waals surface area (Å²) in [5, 5.41) is 9.79. The van der Waals surface area contributed by atoms with Gasteiger partial charge in [-0.1, -0.05) is 73.9 Å². The summed E-state index contributed by atoms with van der Waals surface area (Å²) in [6.07, 6.45) is 7.33. The Kier molecular flexibility index (Phi) is 10.8. The van der Waals surface area contributed by atoms with Crippen molar-refractivity contribution in [3.8, 4) is 0 Å². The molecule has 2 bridgehead atoms. The first kappa shape index (κ1) is 33.3. The lowest BCUT2D eigenvalue weighted by Crippen LogP contribution is -2.57. The van der Waals surface area contributed by atoms with Crippen molar-refractivity contribution in [3.63, 3.8) is 0 Å². The maximum Gasteiger partial charge on any atom is 0.251 e. The summed E-state index contributed by atoms with van der Waals surface area (Å²) in [5.41, 5.74) is 1.71. The Morgan fingerprint density at radius 3 is 2.38 bits per heavy atom. The Labute approximate surface area is 276 Å². The van der Waals surface area contributed by atoms with Gasteiger partial charge in [0.15, 0.2) is 0 Å². The molecule has 0 aliphatic carbocycles. The summed E-state index contributed by atoms with van der Waals surface area (Å²) in [5.74, 6) is -1.32. The van der Waals surface area contributed by atoms with Crippen molar-refractivity contribution in [2.24, 2.45) is 17.8 Å². The molecule has 45 heavy (non-hydrogen) atoms. The highest BCUT2D eigenvalue weighted by atomic mass is 35.5. The number of likely N-dealkylation sites (tertiary alicyclic amines) is 1. The number of halogens is 1. The number of fused-ring (bicyclic) bond motifs is 1. The van der Waals surface area contributed by atoms with Crippen LogP contribution in [0.15, 0.2) is 79.9 Å². The van der Waals surface area contributed by atoms with Gasteiger partial charge in [-0.3, -0.25) is 14.4 Å². The molecule has 240 valence electrons. The summed E-state index contributed by atoms with van der Waals surface area (Å²) < 4.78 is -0.720. The normalized spacial score (nSPS) is 26.5. The predicted molar refractivity (Wildman–Crippen MR) is 182 cm³/mol. The highest BCUT2D eigenvalue weighted by molar-refractivity contribution is 8.02. The molecular weight excluding hydrogens is 606 g/mol. The van der Waals surface area contributed by atoms with E-state index in [1.54, 1.807) is 45.8 Å². The number of amides is 3. The quantitative estimate of drug-likeness (QED) is 0.190. The Morgan fingerprint density at radius 1 is 1.02 bits per heavy atom. The second kappa shape index (κ2) is 14.6. The zero-order chi connectivity index (χ0) is 32.1. The first-order chi connectivity index (χ1) is 21.8. The lowest BCUT2D eigenvalue weighted by Gasteiger charge is -2.41. The molecule has 3 aliphatic heterocycles. The number of thioether (sulfide) groups is 1. The first-order valence-electron chi connectivity index (χ1n) is 16.0. The molecule has 0 saturated carbocycles. The fraction of sp³-hybridized carbons (Fsp3) is 0.472. The molecule has 0 aromatic heterocycles. The Hall–Kier alpha value is -3.07. The second-order valence-electron chi connectivity index (χ2n) is 12.4. The van der Waals surface area contributed by atoms with E-state index in [9.17, 15) is 19.5 Å². The van der Waals surface area contributed by atoms with E-state index in [1.807, 2.05) is 47.4 Å². The number of unbranched alkanes of at least 4 members (excludes halogenated alkanes) is 3. The maximum atomic E-state index is 14.8. The summed E-state index contributed by atoms with van der Waals surface area (Å²) >= 11 is 7.88. The highest BCUT2D eigenvalue weighted by Crippen LogP contribution is 2.69. The van der Waals surface area contributed by atoms with Gasteiger partial charge in [-0.05, 0) is 55.0 Å². The third-order valence-electron chi connectivity index (χ3n) is 9.67. The van der Waals surface area contributed by atoms with Crippen LogP contribution in [0.2, 0.25) is 5.02 Å². The van der Waals surface area contributed by atoms with Crippen LogP contribution in [0, 0.1) is 17.8 Å². The van der Waals surface area contributed by atoms with Crippen LogP contribution in [0.1, 0.15) is 44.6 Å². The molecule has 5 rings (SSSR count). The molecule has 3 aliphatic rings. The molecule has 1 N–H and O–H groups in total. The Balaban J connectivity index is 1.52. The van der Waals surface area contributed by atoms with Crippen molar-refractivity contribution in [2.45, 2.75) is 61.6 Å². The fourth-order valence-corrected chi connectivity index (χ4v) is 10.2. The van der Waals surface area contributed by atoms with Gasteiger partial charge in [-0.15, -0.1) is 24.9 Å². The van der Waals surface area contributed by atoms with Crippen LogP contribution in [0.4, 0.5) is 5.69 Å². The standard InChI is InChI=1S/C36H44ClN3O4S/c1-4-19-38(24-26-13-9-8-10-14-26)33(42)30-29-23-25(3)36(45-29)31(30)34(43)40(21-11-6-7-12-22-41)32(36)35(44)39(20-5-2)28-17-15-27(37)16-18-28/h4-5,8-10,13-18,25,29-32,41H,1-2,6-7,11-12,19-24H2,3H3/t25?,29-,30+,31-,32?,36?/m0/s1. The molecule has 9 heteroatoms. The van der Waals surface area contributed by atoms with Crippen molar-refractivity contribution < 1.29 is 19.5 Å². The summed E-state index contributed by atoms with van der Waals surface area (Å²) in [6.45, 7) is 11.6. The molecule has 3 fully saturated rings. The van der Waals surface area contributed by atoms with E-state index in [0.717, 1.165) is 31.2 Å². The van der Waals surface area contributed by atoms with Crippen molar-refractivity contribution in [2.75, 3.05) is 31.1 Å².